The lowest BCUT2D eigenvalue weighted by molar-refractivity contribution is -0.134. The van der Waals surface area contributed by atoms with Gasteiger partial charge in [0.15, 0.2) is 0 Å². The zero-order valence-corrected chi connectivity index (χ0v) is 10.4. The van der Waals surface area contributed by atoms with Crippen LogP contribution in [-0.2, 0) is 9.59 Å². The number of carbonyl (C=O) groups excluding carboxylic acids is 3. The van der Waals surface area contributed by atoms with E-state index in [1.807, 2.05) is 0 Å². The molecule has 1 unspecified atom stereocenters. The zero-order chi connectivity index (χ0) is 14.0. The minimum absolute atomic E-state index is 0.213. The Morgan fingerprint density at radius 1 is 1.53 bits per heavy atom. The Labute approximate surface area is 109 Å². The summed E-state index contributed by atoms with van der Waals surface area (Å²) in [6.07, 6.45) is 1.97. The second-order valence-electron chi connectivity index (χ2n) is 4.38. The van der Waals surface area contributed by atoms with E-state index < -0.39 is 17.9 Å². The average Bonchev–Trinajstić information content (AvgIpc) is 2.35. The highest BCUT2D eigenvalue weighted by molar-refractivity contribution is 6.04. The molecule has 19 heavy (non-hydrogen) atoms. The number of nitrogens with two attached hydrogens (primary N) is 1. The molecule has 7 heteroatoms. The number of nitrogen functional groups attached to an aromatic ring is 1. The van der Waals surface area contributed by atoms with Crippen LogP contribution in [0.2, 0.25) is 0 Å². The highest BCUT2D eigenvalue weighted by atomic mass is 16.2. The Morgan fingerprint density at radius 2 is 2.26 bits per heavy atom. The Balaban J connectivity index is 2.11. The first-order valence-corrected chi connectivity index (χ1v) is 5.84. The summed E-state index contributed by atoms with van der Waals surface area (Å²) in [5.41, 5.74) is 6.80. The number of nitrogens with one attached hydrogen (secondary N) is 2. The van der Waals surface area contributed by atoms with E-state index in [0.717, 1.165) is 0 Å². The van der Waals surface area contributed by atoms with Crippen LogP contribution in [0, 0.1) is 6.92 Å². The number of hydrogen-bond donors (Lipinski definition) is 3. The summed E-state index contributed by atoms with van der Waals surface area (Å²) >= 11 is 0. The smallest absolute Gasteiger partial charge is 0.253 e. The summed E-state index contributed by atoms with van der Waals surface area (Å²) < 4.78 is 0. The normalized spacial score (nSPS) is 18.9. The van der Waals surface area contributed by atoms with E-state index in [9.17, 15) is 14.4 Å². The molecular weight excluding hydrogens is 248 g/mol. The maximum atomic E-state index is 12.0. The quantitative estimate of drug-likeness (QED) is 0.622. The lowest BCUT2D eigenvalue weighted by Gasteiger charge is -2.22. The molecule has 2 heterocycles. The number of aromatic nitrogens is 1. The number of hydrogen-bond acceptors (Lipinski definition) is 5. The lowest BCUT2D eigenvalue weighted by atomic mass is 10.1. The van der Waals surface area contributed by atoms with E-state index in [2.05, 4.69) is 15.6 Å². The molecule has 2 rings (SSSR count). The number of piperidine rings is 1. The van der Waals surface area contributed by atoms with Crippen LogP contribution < -0.4 is 16.4 Å². The van der Waals surface area contributed by atoms with E-state index in [1.54, 1.807) is 6.92 Å². The summed E-state index contributed by atoms with van der Waals surface area (Å²) in [4.78, 5) is 38.6. The van der Waals surface area contributed by atoms with Gasteiger partial charge in [0, 0.05) is 6.42 Å². The third kappa shape index (κ3) is 2.87. The van der Waals surface area contributed by atoms with Crippen molar-refractivity contribution < 1.29 is 14.4 Å². The second kappa shape index (κ2) is 5.05. The van der Waals surface area contributed by atoms with Gasteiger partial charge in [-0.2, -0.15) is 0 Å². The molecule has 1 aromatic heterocycles. The van der Waals surface area contributed by atoms with Crippen molar-refractivity contribution in [2.45, 2.75) is 25.8 Å². The van der Waals surface area contributed by atoms with Crippen LogP contribution in [0.3, 0.4) is 0 Å². The van der Waals surface area contributed by atoms with Crippen molar-refractivity contribution in [1.29, 1.82) is 0 Å². The molecule has 0 radical (unpaired) electrons. The maximum absolute atomic E-state index is 12.0. The van der Waals surface area contributed by atoms with Gasteiger partial charge >= 0.3 is 0 Å². The molecule has 7 nitrogen and oxygen atoms in total. The van der Waals surface area contributed by atoms with Crippen LogP contribution in [0.5, 0.6) is 0 Å². The number of pyridine rings is 1. The number of aryl methyl sites for hydroxylation is 1. The number of amides is 3. The van der Waals surface area contributed by atoms with Crippen molar-refractivity contribution in [1.82, 2.24) is 15.6 Å². The van der Waals surface area contributed by atoms with Crippen molar-refractivity contribution in [3.63, 3.8) is 0 Å². The molecule has 1 aliphatic heterocycles. The fourth-order valence-corrected chi connectivity index (χ4v) is 1.85. The average molecular weight is 262 g/mol. The maximum Gasteiger partial charge on any atom is 0.253 e. The number of rotatable bonds is 2. The van der Waals surface area contributed by atoms with Crippen LogP contribution in [0.4, 0.5) is 5.69 Å². The van der Waals surface area contributed by atoms with Crippen LogP contribution in [0.15, 0.2) is 12.3 Å². The largest absolute Gasteiger partial charge is 0.397 e. The molecule has 0 spiro atoms. The molecule has 0 saturated carbocycles. The fraction of sp³-hybridized carbons (Fsp3) is 0.333. The van der Waals surface area contributed by atoms with Crippen molar-refractivity contribution in [3.05, 3.63) is 23.5 Å². The molecule has 100 valence electrons. The third-order valence-electron chi connectivity index (χ3n) is 2.90. The lowest BCUT2D eigenvalue weighted by Crippen LogP contribution is -2.52. The predicted molar refractivity (Wildman–Crippen MR) is 67.0 cm³/mol. The van der Waals surface area contributed by atoms with Gasteiger partial charge in [0.1, 0.15) is 6.04 Å². The molecule has 0 aromatic carbocycles. The van der Waals surface area contributed by atoms with Crippen molar-refractivity contribution >= 4 is 23.4 Å². The van der Waals surface area contributed by atoms with E-state index in [-0.39, 0.29) is 12.3 Å². The van der Waals surface area contributed by atoms with E-state index in [4.69, 9.17) is 5.73 Å². The molecular formula is C12H14N4O3. The van der Waals surface area contributed by atoms with Gasteiger partial charge in [-0.25, -0.2) is 0 Å². The Kier molecular flexibility index (Phi) is 3.46. The Morgan fingerprint density at radius 3 is 2.95 bits per heavy atom. The van der Waals surface area contributed by atoms with Crippen molar-refractivity contribution in [2.24, 2.45) is 0 Å². The molecule has 0 bridgehead atoms. The molecule has 1 aromatic rings. The summed E-state index contributed by atoms with van der Waals surface area (Å²) in [7, 11) is 0. The van der Waals surface area contributed by atoms with Crippen LogP contribution in [-0.4, -0.2) is 28.7 Å². The highest BCUT2D eigenvalue weighted by Crippen LogP contribution is 2.11. The van der Waals surface area contributed by atoms with Crippen molar-refractivity contribution in [2.75, 3.05) is 5.73 Å². The number of carbonyl (C=O) groups is 3. The van der Waals surface area contributed by atoms with Gasteiger partial charge < -0.3 is 11.1 Å². The fourth-order valence-electron chi connectivity index (χ4n) is 1.85. The second-order valence-corrected chi connectivity index (χ2v) is 4.38. The summed E-state index contributed by atoms with van der Waals surface area (Å²) in [6.45, 7) is 1.68. The molecule has 4 N–H and O–H groups in total. The minimum atomic E-state index is -0.703. The number of imide groups is 1. The van der Waals surface area contributed by atoms with E-state index in [1.165, 1.54) is 12.3 Å². The topological polar surface area (TPSA) is 114 Å². The third-order valence-corrected chi connectivity index (χ3v) is 2.90. The molecule has 1 aliphatic rings. The summed E-state index contributed by atoms with van der Waals surface area (Å²) in [6, 6.07) is 0.801. The Hall–Kier alpha value is -2.44. The SMILES string of the molecule is Cc1ncc(N)cc1C(=O)NC1CCC(=O)NC1=O. The van der Waals surface area contributed by atoms with Gasteiger partial charge in [0.05, 0.1) is 23.1 Å². The van der Waals surface area contributed by atoms with Gasteiger partial charge in [-0.3, -0.25) is 24.7 Å². The summed E-state index contributed by atoms with van der Waals surface area (Å²) in [5.74, 6) is -1.23. The molecule has 3 amide bonds. The van der Waals surface area contributed by atoms with Gasteiger partial charge in [-0.05, 0) is 19.4 Å². The van der Waals surface area contributed by atoms with Gasteiger partial charge in [-0.1, -0.05) is 0 Å². The monoisotopic (exact) mass is 262 g/mol. The van der Waals surface area contributed by atoms with Crippen LogP contribution in [0.25, 0.3) is 0 Å². The first kappa shape index (κ1) is 13.0. The van der Waals surface area contributed by atoms with Crippen LogP contribution in [0.1, 0.15) is 28.9 Å². The van der Waals surface area contributed by atoms with Crippen LogP contribution >= 0.6 is 0 Å². The first-order chi connectivity index (χ1) is 8.97. The number of nitrogens with zero attached hydrogens (tertiary/aromatic N) is 1. The number of anilines is 1. The van der Waals surface area contributed by atoms with Crippen molar-refractivity contribution in [3.8, 4) is 0 Å². The van der Waals surface area contributed by atoms with Gasteiger partial charge in [-0.15, -0.1) is 0 Å². The highest BCUT2D eigenvalue weighted by Gasteiger charge is 2.28. The zero-order valence-electron chi connectivity index (χ0n) is 10.4. The van der Waals surface area contributed by atoms with Gasteiger partial charge in [0.25, 0.3) is 5.91 Å². The molecule has 1 saturated heterocycles. The summed E-state index contributed by atoms with van der Waals surface area (Å²) in [5, 5.41) is 4.75. The van der Waals surface area contributed by atoms with Gasteiger partial charge in [0.2, 0.25) is 11.8 Å². The molecule has 1 fully saturated rings. The standard InChI is InChI=1S/C12H14N4O3/c1-6-8(4-7(13)5-14-6)11(18)15-9-2-3-10(17)16-12(9)19/h4-5,9H,2-3,13H2,1H3,(H,15,18)(H,16,17,19). The molecule has 1 atom stereocenters. The Bertz CT molecular complexity index is 556. The minimum Gasteiger partial charge on any atom is -0.397 e. The predicted octanol–water partition coefficient (Wildman–Crippen LogP) is -0.493. The first-order valence-electron chi connectivity index (χ1n) is 5.84. The van der Waals surface area contributed by atoms with E-state index >= 15 is 0 Å². The molecule has 0 aliphatic carbocycles. The van der Waals surface area contributed by atoms with E-state index in [0.29, 0.717) is 23.4 Å².